The molecule has 0 atom stereocenters. The molecule has 0 bridgehead atoms. The quantitative estimate of drug-likeness (QED) is 0.728. The summed E-state index contributed by atoms with van der Waals surface area (Å²) >= 11 is 0. The van der Waals surface area contributed by atoms with Crippen LogP contribution >= 0.6 is 0 Å². The minimum Gasteiger partial charge on any atom is -0.504 e. The maximum atomic E-state index is 12.3. The average Bonchev–Trinajstić information content (AvgIpc) is 3.11. The van der Waals surface area contributed by atoms with Gasteiger partial charge in [0.2, 0.25) is 5.89 Å². The zero-order valence-corrected chi connectivity index (χ0v) is 15.6. The number of carbonyl (C=O) groups is 1. The number of amides is 1. The van der Waals surface area contributed by atoms with E-state index in [1.165, 1.54) is 12.5 Å². The Labute approximate surface area is 156 Å². The molecule has 0 fully saturated rings. The van der Waals surface area contributed by atoms with E-state index >= 15 is 0 Å². The normalized spacial score (nSPS) is 11.4. The molecule has 0 aliphatic heterocycles. The molecule has 0 saturated carbocycles. The van der Waals surface area contributed by atoms with Gasteiger partial charge in [-0.3, -0.25) is 4.79 Å². The molecule has 8 nitrogen and oxygen atoms in total. The van der Waals surface area contributed by atoms with Gasteiger partial charge in [-0.15, -0.1) is 0 Å². The third kappa shape index (κ3) is 4.11. The number of aromatic nitrogens is 4. The second-order valence-electron chi connectivity index (χ2n) is 7.25. The van der Waals surface area contributed by atoms with E-state index in [1.807, 2.05) is 45.9 Å². The van der Waals surface area contributed by atoms with Gasteiger partial charge in [0.15, 0.2) is 5.75 Å². The van der Waals surface area contributed by atoms with Crippen LogP contribution in [0.5, 0.6) is 5.75 Å². The number of aryl methyl sites for hydroxylation is 1. The lowest BCUT2D eigenvalue weighted by molar-refractivity contribution is 0.0937. The second-order valence-corrected chi connectivity index (χ2v) is 7.25. The molecular weight excluding hydrogens is 346 g/mol. The van der Waals surface area contributed by atoms with Crippen molar-refractivity contribution in [3.05, 3.63) is 53.6 Å². The molecule has 2 heterocycles. The topological polar surface area (TPSA) is 114 Å². The molecule has 27 heavy (non-hydrogen) atoms. The maximum absolute atomic E-state index is 12.3. The first-order valence-electron chi connectivity index (χ1n) is 8.47. The Bertz CT molecular complexity index is 975. The van der Waals surface area contributed by atoms with Gasteiger partial charge in [0.1, 0.15) is 12.0 Å². The fourth-order valence-electron chi connectivity index (χ4n) is 2.46. The summed E-state index contributed by atoms with van der Waals surface area (Å²) in [5.41, 5.74) is 2.81. The van der Waals surface area contributed by atoms with Crippen molar-refractivity contribution in [3.8, 4) is 17.0 Å². The molecule has 1 amide bonds. The molecule has 0 aliphatic rings. The van der Waals surface area contributed by atoms with Crippen molar-refractivity contribution < 1.29 is 14.4 Å². The van der Waals surface area contributed by atoms with E-state index < -0.39 is 5.91 Å². The molecular formula is C19H21N5O3. The van der Waals surface area contributed by atoms with Gasteiger partial charge < -0.3 is 14.9 Å². The maximum Gasteiger partial charge on any atom is 0.292 e. The van der Waals surface area contributed by atoms with Crippen LogP contribution < -0.4 is 5.32 Å². The molecule has 0 saturated heterocycles. The number of rotatable bonds is 4. The predicted octanol–water partition coefficient (Wildman–Crippen LogP) is 2.77. The third-order valence-corrected chi connectivity index (χ3v) is 4.02. The van der Waals surface area contributed by atoms with Gasteiger partial charge in [-0.05, 0) is 24.1 Å². The summed E-state index contributed by atoms with van der Waals surface area (Å²) < 4.78 is 5.14. The fraction of sp³-hybridized carbons (Fsp3) is 0.316. The van der Waals surface area contributed by atoms with Gasteiger partial charge in [-0.25, -0.2) is 9.97 Å². The molecule has 0 radical (unpaired) electrons. The van der Waals surface area contributed by atoms with E-state index in [4.69, 9.17) is 4.52 Å². The molecule has 140 valence electrons. The van der Waals surface area contributed by atoms with Crippen molar-refractivity contribution in [1.82, 2.24) is 25.4 Å². The summed E-state index contributed by atoms with van der Waals surface area (Å²) in [5, 5.41) is 16.4. The number of aromatic hydroxyl groups is 1. The fourth-order valence-corrected chi connectivity index (χ4v) is 2.46. The van der Waals surface area contributed by atoms with E-state index in [1.54, 1.807) is 0 Å². The van der Waals surface area contributed by atoms with Crippen molar-refractivity contribution in [3.63, 3.8) is 0 Å². The molecule has 2 N–H and O–H groups in total. The number of hydrogen-bond acceptors (Lipinski definition) is 7. The summed E-state index contributed by atoms with van der Waals surface area (Å²) in [6.45, 7) is 8.04. The molecule has 3 aromatic rings. The van der Waals surface area contributed by atoms with Crippen LogP contribution in [0.2, 0.25) is 0 Å². The van der Waals surface area contributed by atoms with Crippen LogP contribution in [0.25, 0.3) is 11.3 Å². The van der Waals surface area contributed by atoms with Gasteiger partial charge in [-0.2, -0.15) is 4.98 Å². The molecule has 3 rings (SSSR count). The predicted molar refractivity (Wildman–Crippen MR) is 98.0 cm³/mol. The zero-order valence-electron chi connectivity index (χ0n) is 15.6. The first-order valence-corrected chi connectivity index (χ1v) is 8.47. The minimum atomic E-state index is -0.397. The summed E-state index contributed by atoms with van der Waals surface area (Å²) in [6.07, 6.45) is 2.73. The molecule has 1 aromatic carbocycles. The van der Waals surface area contributed by atoms with Crippen LogP contribution in [-0.4, -0.2) is 31.1 Å². The number of carbonyl (C=O) groups excluding carboxylic acids is 1. The monoisotopic (exact) mass is 367 g/mol. The Kier molecular flexibility index (Phi) is 4.89. The van der Waals surface area contributed by atoms with E-state index in [0.29, 0.717) is 18.1 Å². The van der Waals surface area contributed by atoms with Crippen LogP contribution in [0.3, 0.4) is 0 Å². The summed E-state index contributed by atoms with van der Waals surface area (Å²) in [5.74, 6) is 0.0498. The number of nitrogens with one attached hydrogen (secondary N) is 1. The highest BCUT2D eigenvalue weighted by Gasteiger charge is 2.24. The molecule has 8 heteroatoms. The molecule has 0 spiro atoms. The van der Waals surface area contributed by atoms with Crippen LogP contribution in [-0.2, 0) is 12.0 Å². The lowest BCUT2D eigenvalue weighted by Gasteiger charge is -2.10. The van der Waals surface area contributed by atoms with E-state index in [0.717, 1.165) is 16.7 Å². The Morgan fingerprint density at radius 1 is 1.30 bits per heavy atom. The second kappa shape index (κ2) is 7.14. The lowest BCUT2D eigenvalue weighted by atomic mass is 9.97. The van der Waals surface area contributed by atoms with Gasteiger partial charge in [0, 0.05) is 17.5 Å². The molecule has 2 aromatic heterocycles. The highest BCUT2D eigenvalue weighted by molar-refractivity contribution is 5.90. The number of hydrogen-bond donors (Lipinski definition) is 2. The molecule has 0 aliphatic carbocycles. The van der Waals surface area contributed by atoms with Gasteiger partial charge in [-0.1, -0.05) is 38.1 Å². The van der Waals surface area contributed by atoms with Gasteiger partial charge in [0.25, 0.3) is 11.7 Å². The minimum absolute atomic E-state index is 0.0140. The Morgan fingerprint density at radius 3 is 2.70 bits per heavy atom. The standard InChI is InChI=1S/C19H21N5O3/c1-11-7-12(15-14(25)9-20-10-22-15)5-6-13(11)8-21-17(26)16-23-18(27-24-16)19(2,3)4/h5-7,9-10,25H,8H2,1-4H3,(H,21,26). The van der Waals surface area contributed by atoms with Crippen LogP contribution in [0.4, 0.5) is 0 Å². The average molecular weight is 367 g/mol. The SMILES string of the molecule is Cc1cc(-c2ncncc2O)ccc1CNC(=O)c1noc(C(C)(C)C)n1. The summed E-state index contributed by atoms with van der Waals surface area (Å²) in [7, 11) is 0. The van der Waals surface area contributed by atoms with Crippen LogP contribution in [0.1, 0.15) is 48.4 Å². The highest BCUT2D eigenvalue weighted by atomic mass is 16.5. The van der Waals surface area contributed by atoms with Gasteiger partial charge in [0.05, 0.1) is 6.20 Å². The van der Waals surface area contributed by atoms with Crippen LogP contribution in [0.15, 0.2) is 35.2 Å². The van der Waals surface area contributed by atoms with Crippen LogP contribution in [0, 0.1) is 6.92 Å². The molecule has 0 unspecified atom stereocenters. The van der Waals surface area contributed by atoms with Crippen molar-refractivity contribution in [2.75, 3.05) is 0 Å². The van der Waals surface area contributed by atoms with Crippen molar-refractivity contribution in [1.29, 1.82) is 0 Å². The third-order valence-electron chi connectivity index (χ3n) is 4.02. The largest absolute Gasteiger partial charge is 0.504 e. The lowest BCUT2D eigenvalue weighted by Crippen LogP contribution is -2.24. The van der Waals surface area contributed by atoms with Crippen molar-refractivity contribution in [2.24, 2.45) is 0 Å². The Balaban J connectivity index is 1.70. The first-order chi connectivity index (χ1) is 12.8. The van der Waals surface area contributed by atoms with Crippen molar-refractivity contribution >= 4 is 5.91 Å². The number of benzene rings is 1. The number of nitrogens with zero attached hydrogens (tertiary/aromatic N) is 4. The van der Waals surface area contributed by atoms with Gasteiger partial charge >= 0.3 is 0 Å². The van der Waals surface area contributed by atoms with Crippen molar-refractivity contribution in [2.45, 2.75) is 39.7 Å². The van der Waals surface area contributed by atoms with E-state index in [-0.39, 0.29) is 17.0 Å². The Hall–Kier alpha value is -3.29. The smallest absolute Gasteiger partial charge is 0.292 e. The Morgan fingerprint density at radius 2 is 2.07 bits per heavy atom. The van der Waals surface area contributed by atoms with E-state index in [9.17, 15) is 9.90 Å². The zero-order chi connectivity index (χ0) is 19.6. The highest BCUT2D eigenvalue weighted by Crippen LogP contribution is 2.27. The summed E-state index contributed by atoms with van der Waals surface area (Å²) in [4.78, 5) is 24.3. The first kappa shape index (κ1) is 18.5. The summed E-state index contributed by atoms with van der Waals surface area (Å²) in [6, 6.07) is 5.61. The van der Waals surface area contributed by atoms with E-state index in [2.05, 4.69) is 25.4 Å².